The molecule has 0 aliphatic heterocycles. The maximum Gasteiger partial charge on any atom is 0.118 e. The summed E-state index contributed by atoms with van der Waals surface area (Å²) in [5, 5.41) is 1.26. The van der Waals surface area contributed by atoms with Gasteiger partial charge in [-0.05, 0) is 0 Å². The summed E-state index contributed by atoms with van der Waals surface area (Å²) >= 11 is 2.70. The van der Waals surface area contributed by atoms with Crippen molar-refractivity contribution >= 4 is 16.3 Å². The molecule has 5 heavy (non-hydrogen) atoms. The van der Waals surface area contributed by atoms with Crippen LogP contribution in [0.3, 0.4) is 0 Å². The molecule has 2 radical (unpaired) electrons. The van der Waals surface area contributed by atoms with E-state index in [1.165, 1.54) is 18.1 Å². The molecule has 0 spiro atoms. The van der Waals surface area contributed by atoms with E-state index in [-0.39, 0.29) is 1.43 Å². The van der Waals surface area contributed by atoms with Crippen molar-refractivity contribution in [2.24, 2.45) is 0 Å². The van der Waals surface area contributed by atoms with E-state index in [0.717, 1.165) is 0 Å². The normalized spacial score (nSPS) is 8.20. The maximum atomic E-state index is 2.70. The molecule has 0 saturated carbocycles. The number of hydrogen-bond acceptors (Lipinski definition) is 0. The molecule has 0 unspecified atom stereocenters. The third kappa shape index (κ3) is 4.53. The molecule has 0 aromatic carbocycles. The smallest absolute Gasteiger partial charge is 0.118 e. The monoisotopic (exact) mass is 86.1 g/mol. The van der Waals surface area contributed by atoms with Gasteiger partial charge in [-0.1, -0.05) is 19.8 Å². The van der Waals surface area contributed by atoms with Crippen molar-refractivity contribution in [1.82, 2.24) is 0 Å². The first-order valence-electron chi connectivity index (χ1n) is 2.12. The first-order valence-corrected chi connectivity index (χ1v) is 2.93. The van der Waals surface area contributed by atoms with Gasteiger partial charge < -0.3 is 0 Å². The fourth-order valence-electron chi connectivity index (χ4n) is 0.204. The predicted octanol–water partition coefficient (Wildman–Crippen LogP) is 1.62. The summed E-state index contributed by atoms with van der Waals surface area (Å²) in [6, 6.07) is 0. The van der Waals surface area contributed by atoms with Gasteiger partial charge in [-0.3, -0.25) is 0 Å². The SMILES string of the molecule is CCC[CH2][Al].[HH]. The van der Waals surface area contributed by atoms with E-state index >= 15 is 0 Å². The number of hydrogen-bond donors (Lipinski definition) is 0. The molecule has 0 fully saturated rings. The summed E-state index contributed by atoms with van der Waals surface area (Å²) in [6.45, 7) is 2.20. The van der Waals surface area contributed by atoms with Crippen molar-refractivity contribution < 1.29 is 1.43 Å². The Morgan fingerprint density at radius 1 is 1.80 bits per heavy atom. The summed E-state index contributed by atoms with van der Waals surface area (Å²) in [5.74, 6) is 0. The largest absolute Gasteiger partial charge is 0.118 e. The molecule has 0 amide bonds. The second-order valence-electron chi connectivity index (χ2n) is 1.14. The van der Waals surface area contributed by atoms with E-state index in [2.05, 4.69) is 23.2 Å². The van der Waals surface area contributed by atoms with Crippen LogP contribution in [-0.2, 0) is 0 Å². The van der Waals surface area contributed by atoms with Crippen molar-refractivity contribution in [3.63, 3.8) is 0 Å². The van der Waals surface area contributed by atoms with Crippen LogP contribution in [0.15, 0.2) is 0 Å². The van der Waals surface area contributed by atoms with Gasteiger partial charge in [-0.2, -0.15) is 0 Å². The minimum Gasteiger partial charge on any atom is -0.118 e. The van der Waals surface area contributed by atoms with Crippen molar-refractivity contribution in [2.75, 3.05) is 0 Å². The molecule has 0 N–H and O–H groups in total. The van der Waals surface area contributed by atoms with Crippen LogP contribution in [0.4, 0.5) is 0 Å². The van der Waals surface area contributed by atoms with Gasteiger partial charge in [0, 0.05) is 1.43 Å². The first-order chi connectivity index (χ1) is 2.41. The third-order valence-electron chi connectivity index (χ3n) is 0.558. The van der Waals surface area contributed by atoms with Gasteiger partial charge in [-0.15, -0.1) is 5.28 Å². The summed E-state index contributed by atoms with van der Waals surface area (Å²) in [6.07, 6.45) is 2.67. The van der Waals surface area contributed by atoms with Crippen molar-refractivity contribution in [3.8, 4) is 0 Å². The molecule has 0 aliphatic rings. The van der Waals surface area contributed by atoms with Gasteiger partial charge in [0.25, 0.3) is 0 Å². The van der Waals surface area contributed by atoms with Crippen molar-refractivity contribution in [1.29, 1.82) is 0 Å². The predicted molar refractivity (Wildman–Crippen MR) is 27.6 cm³/mol. The van der Waals surface area contributed by atoms with E-state index in [1.54, 1.807) is 0 Å². The Kier molecular flexibility index (Phi) is 5.02. The lowest BCUT2D eigenvalue weighted by Crippen LogP contribution is -1.63. The summed E-state index contributed by atoms with van der Waals surface area (Å²) in [5.41, 5.74) is 0. The van der Waals surface area contributed by atoms with Crippen LogP contribution in [0.2, 0.25) is 5.28 Å². The maximum absolute atomic E-state index is 2.70. The average molecular weight is 86.1 g/mol. The molecule has 0 aromatic heterocycles. The molecule has 0 atom stereocenters. The van der Waals surface area contributed by atoms with Gasteiger partial charge in [0.1, 0.15) is 16.3 Å². The highest BCUT2D eigenvalue weighted by molar-refractivity contribution is 6.08. The summed E-state index contributed by atoms with van der Waals surface area (Å²) in [4.78, 5) is 0. The minimum atomic E-state index is 0. The molecule has 0 aromatic rings. The first kappa shape index (κ1) is 5.53. The molecule has 0 nitrogen and oxygen atoms in total. The summed E-state index contributed by atoms with van der Waals surface area (Å²) < 4.78 is 0. The molecule has 0 rings (SSSR count). The van der Waals surface area contributed by atoms with E-state index in [4.69, 9.17) is 0 Å². The van der Waals surface area contributed by atoms with E-state index in [0.29, 0.717) is 0 Å². The highest BCUT2D eigenvalue weighted by Crippen LogP contribution is 1.86. The lowest BCUT2D eigenvalue weighted by Gasteiger charge is -1.79. The Bertz CT molecular complexity index is 15.0. The number of rotatable bonds is 2. The molecule has 1 heteroatoms. The Hall–Kier alpha value is 0.532. The van der Waals surface area contributed by atoms with Crippen molar-refractivity contribution in [2.45, 2.75) is 25.0 Å². The van der Waals surface area contributed by atoms with E-state index in [1.807, 2.05) is 0 Å². The molecule has 0 aliphatic carbocycles. The van der Waals surface area contributed by atoms with Gasteiger partial charge in [-0.25, -0.2) is 0 Å². The third-order valence-corrected chi connectivity index (χ3v) is 0.966. The standard InChI is InChI=1S/C4H9.Al.H2/c1-3-4-2;;/h1,3-4H2,2H3;;1H. The average Bonchev–Trinajstić information content (AvgIpc) is 1.41. The Labute approximate surface area is 43.5 Å². The zero-order valence-corrected chi connectivity index (χ0v) is 4.85. The van der Waals surface area contributed by atoms with E-state index < -0.39 is 0 Å². The van der Waals surface area contributed by atoms with Crippen LogP contribution in [0.25, 0.3) is 0 Å². The zero-order valence-electron chi connectivity index (χ0n) is 3.70. The van der Waals surface area contributed by atoms with Crippen LogP contribution in [0, 0.1) is 0 Å². The van der Waals surface area contributed by atoms with Crippen LogP contribution >= 0.6 is 0 Å². The van der Waals surface area contributed by atoms with Gasteiger partial charge in [0.2, 0.25) is 0 Å². The Morgan fingerprint density at radius 2 is 2.40 bits per heavy atom. The quantitative estimate of drug-likeness (QED) is 0.448. The Balaban J connectivity index is 0. The second-order valence-corrected chi connectivity index (χ2v) is 1.72. The zero-order chi connectivity index (χ0) is 4.12. The fraction of sp³-hybridized carbons (Fsp3) is 1.00. The second kappa shape index (κ2) is 4.53. The van der Waals surface area contributed by atoms with Gasteiger partial charge in [0.15, 0.2) is 0 Å². The highest BCUT2D eigenvalue weighted by atomic mass is 27.0. The molecular weight excluding hydrogens is 75.0 g/mol. The van der Waals surface area contributed by atoms with E-state index in [9.17, 15) is 0 Å². The van der Waals surface area contributed by atoms with Crippen LogP contribution < -0.4 is 0 Å². The van der Waals surface area contributed by atoms with Crippen LogP contribution in [0.5, 0.6) is 0 Å². The molecular formula is C4H11Al. The lowest BCUT2D eigenvalue weighted by molar-refractivity contribution is 0.884. The van der Waals surface area contributed by atoms with Crippen LogP contribution in [-0.4, -0.2) is 16.3 Å². The topological polar surface area (TPSA) is 0 Å². The Morgan fingerprint density at radius 3 is 2.40 bits per heavy atom. The molecule has 0 saturated heterocycles. The number of unbranched alkanes of at least 4 members (excludes halogenated alkanes) is 1. The van der Waals surface area contributed by atoms with Gasteiger partial charge >= 0.3 is 0 Å². The molecule has 30 valence electrons. The lowest BCUT2D eigenvalue weighted by atomic mass is 10.4. The fourth-order valence-corrected chi connectivity index (χ4v) is 0.612. The molecule has 0 bridgehead atoms. The molecule has 0 heterocycles. The van der Waals surface area contributed by atoms with Crippen LogP contribution in [0.1, 0.15) is 21.2 Å². The summed E-state index contributed by atoms with van der Waals surface area (Å²) in [7, 11) is 0. The van der Waals surface area contributed by atoms with Gasteiger partial charge in [0.05, 0.1) is 0 Å². The van der Waals surface area contributed by atoms with Crippen molar-refractivity contribution in [3.05, 3.63) is 0 Å². The highest BCUT2D eigenvalue weighted by Gasteiger charge is 1.67. The minimum absolute atomic E-state index is 0.